The zero-order chi connectivity index (χ0) is 24.2. The molecule has 1 aromatic heterocycles. The van der Waals surface area contributed by atoms with Crippen LogP contribution in [0.4, 0.5) is 18.0 Å². The van der Waals surface area contributed by atoms with E-state index in [-0.39, 0.29) is 28.5 Å². The smallest absolute Gasteiger partial charge is 0.336 e. The molecule has 0 fully saturated rings. The maximum Gasteiger partial charge on any atom is 0.418 e. The standard InChI is InChI=1S/C21H19ClF3N5O2S/c1-12(2)26-19(32)27-17(31)11-33-20-29-28-18(13-6-5-7-14(22)10-13)30(20)16-9-4-3-8-15(16)21(23,24)25/h3-10,12H,11H2,1-2H3,(H2,26,27,31,32). The molecule has 3 aromatic rings. The van der Waals surface area contributed by atoms with Gasteiger partial charge in [0.05, 0.1) is 17.0 Å². The zero-order valence-electron chi connectivity index (χ0n) is 17.5. The summed E-state index contributed by atoms with van der Waals surface area (Å²) in [6.45, 7) is 3.47. The molecule has 3 rings (SSSR count). The highest BCUT2D eigenvalue weighted by molar-refractivity contribution is 7.99. The van der Waals surface area contributed by atoms with E-state index in [0.717, 1.165) is 17.8 Å². The lowest BCUT2D eigenvalue weighted by molar-refractivity contribution is -0.137. The molecular weight excluding hydrogens is 479 g/mol. The van der Waals surface area contributed by atoms with Crippen LogP contribution >= 0.6 is 23.4 Å². The number of thioether (sulfide) groups is 1. The van der Waals surface area contributed by atoms with Crippen LogP contribution < -0.4 is 10.6 Å². The van der Waals surface area contributed by atoms with Gasteiger partial charge < -0.3 is 5.32 Å². The SMILES string of the molecule is CC(C)NC(=O)NC(=O)CSc1nnc(-c2cccc(Cl)c2)n1-c1ccccc1C(F)(F)F. The second-order valence-corrected chi connectivity index (χ2v) is 8.51. The highest BCUT2D eigenvalue weighted by Crippen LogP contribution is 2.37. The van der Waals surface area contributed by atoms with E-state index < -0.39 is 23.7 Å². The first-order valence-corrected chi connectivity index (χ1v) is 11.0. The molecule has 7 nitrogen and oxygen atoms in total. The van der Waals surface area contributed by atoms with Crippen LogP contribution in [0.3, 0.4) is 0 Å². The molecule has 3 amide bonds. The number of aromatic nitrogens is 3. The number of halogens is 4. The van der Waals surface area contributed by atoms with Gasteiger partial charge in [-0.2, -0.15) is 13.2 Å². The molecule has 0 aliphatic carbocycles. The monoisotopic (exact) mass is 497 g/mol. The van der Waals surface area contributed by atoms with Crippen molar-refractivity contribution in [3.63, 3.8) is 0 Å². The highest BCUT2D eigenvalue weighted by atomic mass is 35.5. The molecule has 1 heterocycles. The van der Waals surface area contributed by atoms with E-state index in [9.17, 15) is 22.8 Å². The van der Waals surface area contributed by atoms with E-state index in [1.54, 1.807) is 38.1 Å². The van der Waals surface area contributed by atoms with Crippen LogP contribution in [-0.4, -0.2) is 38.5 Å². The number of hydrogen-bond donors (Lipinski definition) is 2. The van der Waals surface area contributed by atoms with Gasteiger partial charge in [-0.3, -0.25) is 14.7 Å². The molecule has 0 aliphatic rings. The molecule has 2 N–H and O–H groups in total. The Bertz CT molecular complexity index is 1170. The Kier molecular flexibility index (Phi) is 7.65. The summed E-state index contributed by atoms with van der Waals surface area (Å²) >= 11 is 6.90. The van der Waals surface area contributed by atoms with Crippen LogP contribution in [-0.2, 0) is 11.0 Å². The van der Waals surface area contributed by atoms with Gasteiger partial charge in [0.1, 0.15) is 0 Å². The molecule has 0 aliphatic heterocycles. The Morgan fingerprint density at radius 2 is 1.85 bits per heavy atom. The quantitative estimate of drug-likeness (QED) is 0.471. The van der Waals surface area contributed by atoms with E-state index in [2.05, 4.69) is 20.8 Å². The van der Waals surface area contributed by atoms with Crippen LogP contribution in [0, 0.1) is 0 Å². The highest BCUT2D eigenvalue weighted by Gasteiger charge is 2.35. The summed E-state index contributed by atoms with van der Waals surface area (Å²) in [5, 5.41) is 13.2. The van der Waals surface area contributed by atoms with Crippen molar-refractivity contribution in [3.05, 3.63) is 59.1 Å². The summed E-state index contributed by atoms with van der Waals surface area (Å²) in [6.07, 6.45) is -4.64. The summed E-state index contributed by atoms with van der Waals surface area (Å²) in [4.78, 5) is 23.9. The Labute approximate surface area is 196 Å². The number of nitrogens with zero attached hydrogens (tertiary/aromatic N) is 3. The summed E-state index contributed by atoms with van der Waals surface area (Å²) in [6, 6.07) is 10.6. The summed E-state index contributed by atoms with van der Waals surface area (Å²) in [5.74, 6) is -0.788. The molecule has 0 saturated carbocycles. The number of carbonyl (C=O) groups is 2. The van der Waals surface area contributed by atoms with Gasteiger partial charge in [0.15, 0.2) is 11.0 Å². The maximum absolute atomic E-state index is 13.7. The molecule has 0 radical (unpaired) electrons. The Morgan fingerprint density at radius 1 is 1.12 bits per heavy atom. The van der Waals surface area contributed by atoms with Gasteiger partial charge in [0, 0.05) is 16.6 Å². The Hall–Kier alpha value is -3.05. The number of para-hydroxylation sites is 1. The van der Waals surface area contributed by atoms with Crippen molar-refractivity contribution in [2.75, 3.05) is 5.75 Å². The summed E-state index contributed by atoms with van der Waals surface area (Å²) in [7, 11) is 0. The van der Waals surface area contributed by atoms with Gasteiger partial charge in [-0.15, -0.1) is 10.2 Å². The molecule has 174 valence electrons. The first kappa shape index (κ1) is 24.6. The fourth-order valence-corrected chi connectivity index (χ4v) is 3.83. The van der Waals surface area contributed by atoms with Crippen molar-refractivity contribution in [1.29, 1.82) is 0 Å². The minimum atomic E-state index is -4.64. The Morgan fingerprint density at radius 3 is 2.52 bits per heavy atom. The molecule has 0 spiro atoms. The molecule has 0 bridgehead atoms. The number of amides is 3. The fraction of sp³-hybridized carbons (Fsp3) is 0.238. The average Bonchev–Trinajstić information content (AvgIpc) is 3.15. The summed E-state index contributed by atoms with van der Waals surface area (Å²) in [5.41, 5.74) is -0.652. The minimum Gasteiger partial charge on any atom is -0.336 e. The molecule has 0 saturated heterocycles. The predicted octanol–water partition coefficient (Wildman–Crippen LogP) is 4.93. The number of urea groups is 1. The van der Waals surface area contributed by atoms with Crippen LogP contribution in [0.5, 0.6) is 0 Å². The lowest BCUT2D eigenvalue weighted by Crippen LogP contribution is -2.43. The van der Waals surface area contributed by atoms with Crippen LogP contribution in [0.2, 0.25) is 5.02 Å². The topological polar surface area (TPSA) is 88.9 Å². The minimum absolute atomic E-state index is 0.0427. The molecule has 0 unspecified atom stereocenters. The predicted molar refractivity (Wildman–Crippen MR) is 119 cm³/mol. The van der Waals surface area contributed by atoms with Crippen molar-refractivity contribution >= 4 is 35.3 Å². The number of alkyl halides is 3. The maximum atomic E-state index is 13.7. The van der Waals surface area contributed by atoms with Gasteiger partial charge in [-0.1, -0.05) is 47.6 Å². The zero-order valence-corrected chi connectivity index (χ0v) is 19.1. The summed E-state index contributed by atoms with van der Waals surface area (Å²) < 4.78 is 42.4. The van der Waals surface area contributed by atoms with Gasteiger partial charge >= 0.3 is 12.2 Å². The van der Waals surface area contributed by atoms with Gasteiger partial charge in [0.25, 0.3) is 0 Å². The number of carbonyl (C=O) groups excluding carboxylic acids is 2. The first-order chi connectivity index (χ1) is 15.6. The van der Waals surface area contributed by atoms with Crippen molar-refractivity contribution in [1.82, 2.24) is 25.4 Å². The third-order valence-electron chi connectivity index (χ3n) is 4.17. The number of benzene rings is 2. The Balaban J connectivity index is 1.99. The molecule has 2 aromatic carbocycles. The molecule has 0 atom stereocenters. The number of imide groups is 1. The van der Waals surface area contributed by atoms with Crippen molar-refractivity contribution in [3.8, 4) is 17.1 Å². The van der Waals surface area contributed by atoms with E-state index in [1.807, 2.05) is 0 Å². The lowest BCUT2D eigenvalue weighted by atomic mass is 10.1. The number of hydrogen-bond acceptors (Lipinski definition) is 5. The van der Waals surface area contributed by atoms with Gasteiger partial charge in [0.2, 0.25) is 5.91 Å². The number of rotatable bonds is 6. The van der Waals surface area contributed by atoms with E-state index >= 15 is 0 Å². The van der Waals surface area contributed by atoms with Crippen molar-refractivity contribution in [2.24, 2.45) is 0 Å². The largest absolute Gasteiger partial charge is 0.418 e. The molecular formula is C21H19ClF3N5O2S. The van der Waals surface area contributed by atoms with E-state index in [0.29, 0.717) is 10.6 Å². The first-order valence-electron chi connectivity index (χ1n) is 9.67. The van der Waals surface area contributed by atoms with Crippen LogP contribution in [0.25, 0.3) is 17.1 Å². The van der Waals surface area contributed by atoms with Gasteiger partial charge in [-0.25, -0.2) is 4.79 Å². The van der Waals surface area contributed by atoms with Crippen LogP contribution in [0.15, 0.2) is 53.7 Å². The number of nitrogens with one attached hydrogen (secondary N) is 2. The second kappa shape index (κ2) is 10.3. The fourth-order valence-electron chi connectivity index (χ4n) is 2.89. The van der Waals surface area contributed by atoms with Crippen molar-refractivity contribution < 1.29 is 22.8 Å². The van der Waals surface area contributed by atoms with E-state index in [1.165, 1.54) is 22.8 Å². The normalized spacial score (nSPS) is 11.5. The third kappa shape index (κ3) is 6.26. The second-order valence-electron chi connectivity index (χ2n) is 7.13. The van der Waals surface area contributed by atoms with Crippen molar-refractivity contribution in [2.45, 2.75) is 31.2 Å². The van der Waals surface area contributed by atoms with Gasteiger partial charge in [-0.05, 0) is 38.1 Å². The lowest BCUT2D eigenvalue weighted by Gasteiger charge is -2.16. The van der Waals surface area contributed by atoms with Crippen LogP contribution in [0.1, 0.15) is 19.4 Å². The third-order valence-corrected chi connectivity index (χ3v) is 5.34. The molecule has 12 heteroatoms. The average molecular weight is 498 g/mol. The molecule has 33 heavy (non-hydrogen) atoms. The van der Waals surface area contributed by atoms with E-state index in [4.69, 9.17) is 11.6 Å².